The van der Waals surface area contributed by atoms with E-state index in [0.29, 0.717) is 22.3 Å². The summed E-state index contributed by atoms with van der Waals surface area (Å²) >= 11 is 1.49. The van der Waals surface area contributed by atoms with Crippen molar-refractivity contribution in [1.82, 2.24) is 15.4 Å². The Morgan fingerprint density at radius 1 is 1.28 bits per heavy atom. The lowest BCUT2D eigenvalue weighted by molar-refractivity contribution is -0.115. The van der Waals surface area contributed by atoms with Crippen LogP contribution in [-0.4, -0.2) is 21.3 Å². The number of nitrogens with one attached hydrogen (secondary N) is 1. The van der Waals surface area contributed by atoms with Gasteiger partial charge in [0.05, 0.1) is 6.42 Å². The number of carbonyl (C=O) groups excluding carboxylic acids is 1. The lowest BCUT2D eigenvalue weighted by atomic mass is 9.90. The molecule has 0 spiro atoms. The zero-order chi connectivity index (χ0) is 17.2. The van der Waals surface area contributed by atoms with Crippen molar-refractivity contribution in [2.75, 3.05) is 5.32 Å². The van der Waals surface area contributed by atoms with E-state index in [1.54, 1.807) is 0 Å². The molecule has 0 unspecified atom stereocenters. The fraction of sp³-hybridized carbons (Fsp3) is 0.444. The highest BCUT2D eigenvalue weighted by molar-refractivity contribution is 7.15. The van der Waals surface area contributed by atoms with Crippen molar-refractivity contribution in [3.05, 3.63) is 34.5 Å². The number of carbonyl (C=O) groups is 1. The van der Waals surface area contributed by atoms with Gasteiger partial charge in [-0.15, -0.1) is 10.2 Å². The number of nitrogens with zero attached hydrogens (tertiary/aromatic N) is 3. The number of amides is 1. The SMILES string of the molecule is Cc1ccc2onc(CC(=O)Nc3nnc(C4CCCCC4)s3)c2c1. The Morgan fingerprint density at radius 3 is 2.96 bits per heavy atom. The molecule has 1 fully saturated rings. The third-order valence-corrected chi connectivity index (χ3v) is 5.67. The minimum atomic E-state index is -0.150. The summed E-state index contributed by atoms with van der Waals surface area (Å²) in [6.45, 7) is 2.00. The predicted octanol–water partition coefficient (Wildman–Crippen LogP) is 4.22. The van der Waals surface area contributed by atoms with E-state index in [4.69, 9.17) is 4.52 Å². The molecule has 0 saturated heterocycles. The van der Waals surface area contributed by atoms with Crippen LogP contribution in [0.2, 0.25) is 0 Å². The minimum absolute atomic E-state index is 0.150. The number of benzene rings is 1. The first-order valence-corrected chi connectivity index (χ1v) is 9.49. The second-order valence-corrected chi connectivity index (χ2v) is 7.64. The minimum Gasteiger partial charge on any atom is -0.356 e. The number of hydrogen-bond acceptors (Lipinski definition) is 6. The molecule has 1 aromatic carbocycles. The van der Waals surface area contributed by atoms with E-state index >= 15 is 0 Å². The molecule has 1 amide bonds. The van der Waals surface area contributed by atoms with Crippen molar-refractivity contribution in [1.29, 1.82) is 0 Å². The van der Waals surface area contributed by atoms with Gasteiger partial charge in [-0.2, -0.15) is 0 Å². The van der Waals surface area contributed by atoms with Gasteiger partial charge in [0.2, 0.25) is 11.0 Å². The molecule has 0 aliphatic heterocycles. The predicted molar refractivity (Wildman–Crippen MR) is 96.8 cm³/mol. The monoisotopic (exact) mass is 356 g/mol. The fourth-order valence-corrected chi connectivity index (χ4v) is 4.27. The summed E-state index contributed by atoms with van der Waals surface area (Å²) < 4.78 is 5.28. The number of aromatic nitrogens is 3. The molecule has 2 aromatic heterocycles. The van der Waals surface area contributed by atoms with Crippen molar-refractivity contribution in [2.45, 2.75) is 51.4 Å². The Balaban J connectivity index is 1.43. The molecular weight excluding hydrogens is 336 g/mol. The molecule has 1 aliphatic rings. The van der Waals surface area contributed by atoms with Crippen LogP contribution in [0.15, 0.2) is 22.7 Å². The summed E-state index contributed by atoms with van der Waals surface area (Å²) in [5, 5.41) is 17.8. The molecule has 2 heterocycles. The van der Waals surface area contributed by atoms with Crippen LogP contribution in [-0.2, 0) is 11.2 Å². The van der Waals surface area contributed by atoms with Crippen LogP contribution >= 0.6 is 11.3 Å². The maximum absolute atomic E-state index is 12.3. The topological polar surface area (TPSA) is 80.9 Å². The molecule has 3 aromatic rings. The largest absolute Gasteiger partial charge is 0.356 e. The Labute approximate surface area is 149 Å². The van der Waals surface area contributed by atoms with E-state index in [2.05, 4.69) is 20.7 Å². The summed E-state index contributed by atoms with van der Waals surface area (Å²) in [7, 11) is 0. The molecular formula is C18H20N4O2S. The van der Waals surface area contributed by atoms with Crippen molar-refractivity contribution >= 4 is 33.3 Å². The molecule has 0 radical (unpaired) electrons. The second kappa shape index (κ2) is 6.92. The van der Waals surface area contributed by atoms with Crippen LogP contribution in [0.1, 0.15) is 54.3 Å². The molecule has 1 saturated carbocycles. The van der Waals surface area contributed by atoms with Gasteiger partial charge in [-0.3, -0.25) is 4.79 Å². The number of anilines is 1. The quantitative estimate of drug-likeness (QED) is 0.757. The zero-order valence-electron chi connectivity index (χ0n) is 14.1. The third-order valence-electron chi connectivity index (χ3n) is 4.67. The lowest BCUT2D eigenvalue weighted by Gasteiger charge is -2.18. The van der Waals surface area contributed by atoms with E-state index in [0.717, 1.165) is 16.0 Å². The van der Waals surface area contributed by atoms with E-state index in [1.165, 1.54) is 43.4 Å². The number of rotatable bonds is 4. The number of aryl methyl sites for hydroxylation is 1. The highest BCUT2D eigenvalue weighted by Crippen LogP contribution is 2.35. The average molecular weight is 356 g/mol. The average Bonchev–Trinajstić information content (AvgIpc) is 3.23. The highest BCUT2D eigenvalue weighted by atomic mass is 32.1. The van der Waals surface area contributed by atoms with Gasteiger partial charge in [0.15, 0.2) is 5.58 Å². The van der Waals surface area contributed by atoms with Gasteiger partial charge >= 0.3 is 0 Å². The molecule has 25 heavy (non-hydrogen) atoms. The van der Waals surface area contributed by atoms with Gasteiger partial charge in [-0.05, 0) is 31.9 Å². The van der Waals surface area contributed by atoms with Gasteiger partial charge in [-0.25, -0.2) is 0 Å². The van der Waals surface area contributed by atoms with Crippen molar-refractivity contribution < 1.29 is 9.32 Å². The third kappa shape index (κ3) is 3.56. The maximum atomic E-state index is 12.3. The number of fused-ring (bicyclic) bond motifs is 1. The van der Waals surface area contributed by atoms with Crippen LogP contribution < -0.4 is 5.32 Å². The summed E-state index contributed by atoms with van der Waals surface area (Å²) in [6.07, 6.45) is 6.33. The Bertz CT molecular complexity index is 896. The summed E-state index contributed by atoms with van der Waals surface area (Å²) in [6, 6.07) is 5.83. The van der Waals surface area contributed by atoms with E-state index < -0.39 is 0 Å². The molecule has 130 valence electrons. The lowest BCUT2D eigenvalue weighted by Crippen LogP contribution is -2.14. The van der Waals surface area contributed by atoms with Crippen molar-refractivity contribution in [3.8, 4) is 0 Å². The van der Waals surface area contributed by atoms with E-state index in [1.807, 2.05) is 25.1 Å². The van der Waals surface area contributed by atoms with Gasteiger partial charge < -0.3 is 9.84 Å². The Kier molecular flexibility index (Phi) is 4.48. The van der Waals surface area contributed by atoms with Gasteiger partial charge in [0.25, 0.3) is 0 Å². The zero-order valence-corrected chi connectivity index (χ0v) is 14.9. The highest BCUT2D eigenvalue weighted by Gasteiger charge is 2.20. The van der Waals surface area contributed by atoms with Crippen molar-refractivity contribution in [3.63, 3.8) is 0 Å². The first-order chi connectivity index (χ1) is 12.2. The van der Waals surface area contributed by atoms with Crippen LogP contribution in [0.3, 0.4) is 0 Å². The van der Waals surface area contributed by atoms with Crippen LogP contribution in [0, 0.1) is 6.92 Å². The first-order valence-electron chi connectivity index (χ1n) is 8.67. The number of hydrogen-bond donors (Lipinski definition) is 1. The standard InChI is InChI=1S/C18H20N4O2S/c1-11-7-8-15-13(9-11)14(22-24-15)10-16(23)19-18-21-20-17(25-18)12-5-3-2-4-6-12/h7-9,12H,2-6,10H2,1H3,(H,19,21,23). The maximum Gasteiger partial charge on any atom is 0.232 e. The summed E-state index contributed by atoms with van der Waals surface area (Å²) in [5.74, 6) is 0.349. The molecule has 1 aliphatic carbocycles. The first kappa shape index (κ1) is 16.2. The van der Waals surface area contributed by atoms with Crippen LogP contribution in [0.5, 0.6) is 0 Å². The Morgan fingerprint density at radius 2 is 2.12 bits per heavy atom. The van der Waals surface area contributed by atoms with Crippen LogP contribution in [0.25, 0.3) is 11.0 Å². The Hall–Kier alpha value is -2.28. The normalized spacial score (nSPS) is 15.6. The fourth-order valence-electron chi connectivity index (χ4n) is 3.35. The summed E-state index contributed by atoms with van der Waals surface area (Å²) in [4.78, 5) is 12.3. The smallest absolute Gasteiger partial charge is 0.232 e. The van der Waals surface area contributed by atoms with E-state index in [9.17, 15) is 4.79 Å². The molecule has 4 rings (SSSR count). The van der Waals surface area contributed by atoms with Gasteiger partial charge in [0.1, 0.15) is 10.7 Å². The van der Waals surface area contributed by atoms with Gasteiger partial charge in [-0.1, -0.05) is 47.4 Å². The molecule has 6 nitrogen and oxygen atoms in total. The second-order valence-electron chi connectivity index (χ2n) is 6.63. The summed E-state index contributed by atoms with van der Waals surface area (Å²) in [5.41, 5.74) is 2.45. The van der Waals surface area contributed by atoms with Gasteiger partial charge in [0, 0.05) is 11.3 Å². The molecule has 0 bridgehead atoms. The van der Waals surface area contributed by atoms with Crippen LogP contribution in [0.4, 0.5) is 5.13 Å². The molecule has 1 N–H and O–H groups in total. The molecule has 0 atom stereocenters. The molecule has 7 heteroatoms. The van der Waals surface area contributed by atoms with Crippen molar-refractivity contribution in [2.24, 2.45) is 0 Å². The van der Waals surface area contributed by atoms with E-state index in [-0.39, 0.29) is 12.3 Å².